The zero-order valence-electron chi connectivity index (χ0n) is 7.70. The Hall–Kier alpha value is 0.290. The lowest BCUT2D eigenvalue weighted by atomic mass is 9.61. The summed E-state index contributed by atoms with van der Waals surface area (Å²) in [7, 11) is 0. The second kappa shape index (κ2) is 3.80. The highest BCUT2D eigenvalue weighted by Gasteiger charge is 2.41. The van der Waals surface area contributed by atoms with Gasteiger partial charge in [0.25, 0.3) is 0 Å². The number of hydrogen-bond acceptors (Lipinski definition) is 0. The summed E-state index contributed by atoms with van der Waals surface area (Å²) in [6.45, 7) is 4.58. The van der Waals surface area contributed by atoms with Gasteiger partial charge in [-0.25, -0.2) is 0 Å². The minimum atomic E-state index is 0.547. The Labute approximate surface area is 75.3 Å². The largest absolute Gasteiger partial charge is 0.126 e. The van der Waals surface area contributed by atoms with E-state index in [1.54, 1.807) is 0 Å². The second-order valence-electron chi connectivity index (χ2n) is 3.86. The van der Waals surface area contributed by atoms with Crippen LogP contribution in [0, 0.1) is 11.3 Å². The van der Waals surface area contributed by atoms with Gasteiger partial charge in [0, 0.05) is 5.88 Å². The van der Waals surface area contributed by atoms with Crippen molar-refractivity contribution in [2.75, 3.05) is 5.88 Å². The molecule has 0 aromatic heterocycles. The summed E-state index contributed by atoms with van der Waals surface area (Å²) in [6.07, 6.45) is 6.78. The fourth-order valence-electron chi connectivity index (χ4n) is 2.44. The minimum absolute atomic E-state index is 0.547. The van der Waals surface area contributed by atoms with Crippen molar-refractivity contribution in [3.63, 3.8) is 0 Å². The van der Waals surface area contributed by atoms with Crippen LogP contribution in [-0.2, 0) is 0 Å². The maximum atomic E-state index is 6.01. The van der Waals surface area contributed by atoms with Crippen LogP contribution in [0.3, 0.4) is 0 Å². The van der Waals surface area contributed by atoms with Crippen LogP contribution < -0.4 is 0 Å². The van der Waals surface area contributed by atoms with Gasteiger partial charge in [0.15, 0.2) is 0 Å². The highest BCUT2D eigenvalue weighted by molar-refractivity contribution is 6.18. The van der Waals surface area contributed by atoms with Gasteiger partial charge in [-0.3, -0.25) is 0 Å². The second-order valence-corrected chi connectivity index (χ2v) is 4.13. The molecule has 0 N–H and O–H groups in total. The Balaban J connectivity index is 2.51. The van der Waals surface area contributed by atoms with Crippen molar-refractivity contribution in [1.29, 1.82) is 0 Å². The van der Waals surface area contributed by atoms with E-state index in [1.807, 2.05) is 0 Å². The summed E-state index contributed by atoms with van der Waals surface area (Å²) in [5, 5.41) is 0. The van der Waals surface area contributed by atoms with Gasteiger partial charge in [-0.05, 0) is 24.2 Å². The van der Waals surface area contributed by atoms with Gasteiger partial charge in [0.2, 0.25) is 0 Å². The van der Waals surface area contributed by atoms with Gasteiger partial charge in [-0.15, -0.1) is 11.6 Å². The molecule has 1 aliphatic rings. The first-order valence-electron chi connectivity index (χ1n) is 4.85. The lowest BCUT2D eigenvalue weighted by Gasteiger charge is -2.46. The monoisotopic (exact) mass is 174 g/mol. The third-order valence-electron chi connectivity index (χ3n) is 3.47. The topological polar surface area (TPSA) is 0 Å². The summed E-state index contributed by atoms with van der Waals surface area (Å²) in [5.41, 5.74) is 0.547. The molecule has 0 spiro atoms. The molecule has 1 aliphatic carbocycles. The van der Waals surface area contributed by atoms with Crippen LogP contribution in [-0.4, -0.2) is 5.88 Å². The average molecular weight is 175 g/mol. The van der Waals surface area contributed by atoms with Crippen molar-refractivity contribution in [2.24, 2.45) is 11.3 Å². The normalized spacial score (nSPS) is 21.8. The van der Waals surface area contributed by atoms with Crippen LogP contribution in [0.25, 0.3) is 0 Å². The van der Waals surface area contributed by atoms with E-state index in [2.05, 4.69) is 13.8 Å². The Morgan fingerprint density at radius 3 is 1.91 bits per heavy atom. The van der Waals surface area contributed by atoms with E-state index in [0.717, 1.165) is 11.8 Å². The average Bonchev–Trinajstić information content (AvgIpc) is 1.96. The SMILES string of the molecule is CCC(CC)C1(CCl)CCC1. The molecular weight excluding hydrogens is 156 g/mol. The summed E-state index contributed by atoms with van der Waals surface area (Å²) in [6, 6.07) is 0. The van der Waals surface area contributed by atoms with Gasteiger partial charge in [0.05, 0.1) is 0 Å². The molecule has 1 fully saturated rings. The highest BCUT2D eigenvalue weighted by Crippen LogP contribution is 2.50. The van der Waals surface area contributed by atoms with Gasteiger partial charge in [-0.2, -0.15) is 0 Å². The maximum Gasteiger partial charge on any atom is 0.0282 e. The van der Waals surface area contributed by atoms with E-state index in [9.17, 15) is 0 Å². The number of rotatable bonds is 4. The first-order valence-corrected chi connectivity index (χ1v) is 5.38. The minimum Gasteiger partial charge on any atom is -0.126 e. The zero-order valence-corrected chi connectivity index (χ0v) is 8.45. The molecule has 0 saturated heterocycles. The molecule has 0 bridgehead atoms. The van der Waals surface area contributed by atoms with Crippen molar-refractivity contribution < 1.29 is 0 Å². The number of hydrogen-bond donors (Lipinski definition) is 0. The molecule has 0 aliphatic heterocycles. The van der Waals surface area contributed by atoms with Crippen LogP contribution in [0.2, 0.25) is 0 Å². The zero-order chi connectivity index (χ0) is 8.32. The summed E-state index contributed by atoms with van der Waals surface area (Å²) < 4.78 is 0. The van der Waals surface area contributed by atoms with Crippen LogP contribution in [0.5, 0.6) is 0 Å². The van der Waals surface area contributed by atoms with Gasteiger partial charge in [-0.1, -0.05) is 33.1 Å². The van der Waals surface area contributed by atoms with Crippen molar-refractivity contribution in [3.8, 4) is 0 Å². The van der Waals surface area contributed by atoms with Crippen molar-refractivity contribution in [1.82, 2.24) is 0 Å². The molecule has 0 aromatic carbocycles. The van der Waals surface area contributed by atoms with E-state index in [4.69, 9.17) is 11.6 Å². The molecule has 0 radical (unpaired) electrons. The maximum absolute atomic E-state index is 6.01. The van der Waals surface area contributed by atoms with E-state index in [-0.39, 0.29) is 0 Å². The molecule has 0 aromatic rings. The van der Waals surface area contributed by atoms with E-state index >= 15 is 0 Å². The molecule has 0 unspecified atom stereocenters. The van der Waals surface area contributed by atoms with Crippen molar-refractivity contribution in [2.45, 2.75) is 46.0 Å². The highest BCUT2D eigenvalue weighted by atomic mass is 35.5. The third kappa shape index (κ3) is 1.56. The van der Waals surface area contributed by atoms with Crippen LogP contribution >= 0.6 is 11.6 Å². The Kier molecular flexibility index (Phi) is 3.24. The molecule has 1 heteroatoms. The Morgan fingerprint density at radius 1 is 1.27 bits per heavy atom. The lowest BCUT2D eigenvalue weighted by molar-refractivity contribution is 0.0699. The summed E-state index contributed by atoms with van der Waals surface area (Å²) in [4.78, 5) is 0. The molecule has 0 heterocycles. The Morgan fingerprint density at radius 2 is 1.82 bits per heavy atom. The van der Waals surface area contributed by atoms with Gasteiger partial charge >= 0.3 is 0 Å². The predicted molar refractivity (Wildman–Crippen MR) is 51.1 cm³/mol. The van der Waals surface area contributed by atoms with Crippen LogP contribution in [0.1, 0.15) is 46.0 Å². The quantitative estimate of drug-likeness (QED) is 0.569. The first-order chi connectivity index (χ1) is 5.29. The van der Waals surface area contributed by atoms with E-state index in [1.165, 1.54) is 32.1 Å². The Bertz CT molecular complexity index is 107. The van der Waals surface area contributed by atoms with Crippen LogP contribution in [0.15, 0.2) is 0 Å². The van der Waals surface area contributed by atoms with E-state index < -0.39 is 0 Å². The summed E-state index contributed by atoms with van der Waals surface area (Å²) in [5.74, 6) is 1.77. The van der Waals surface area contributed by atoms with E-state index in [0.29, 0.717) is 5.41 Å². The third-order valence-corrected chi connectivity index (χ3v) is 4.00. The number of alkyl halides is 1. The fraction of sp³-hybridized carbons (Fsp3) is 1.00. The standard InChI is InChI=1S/C10H19Cl/c1-3-9(4-2)10(8-11)6-5-7-10/h9H,3-8H2,1-2H3. The summed E-state index contributed by atoms with van der Waals surface area (Å²) >= 11 is 6.01. The van der Waals surface area contributed by atoms with Crippen molar-refractivity contribution >= 4 is 11.6 Å². The van der Waals surface area contributed by atoms with Gasteiger partial charge in [0.1, 0.15) is 0 Å². The van der Waals surface area contributed by atoms with Gasteiger partial charge < -0.3 is 0 Å². The number of halogens is 1. The smallest absolute Gasteiger partial charge is 0.0282 e. The molecule has 66 valence electrons. The lowest BCUT2D eigenvalue weighted by Crippen LogP contribution is -2.38. The molecule has 11 heavy (non-hydrogen) atoms. The molecule has 0 atom stereocenters. The fourth-order valence-corrected chi connectivity index (χ4v) is 2.92. The molecule has 1 saturated carbocycles. The molecule has 0 amide bonds. The van der Waals surface area contributed by atoms with Crippen molar-refractivity contribution in [3.05, 3.63) is 0 Å². The van der Waals surface area contributed by atoms with Crippen LogP contribution in [0.4, 0.5) is 0 Å². The first kappa shape index (κ1) is 9.38. The molecule has 1 rings (SSSR count). The predicted octanol–water partition coefficient (Wildman–Crippen LogP) is 3.83. The molecule has 0 nitrogen and oxygen atoms in total. The molecular formula is C10H19Cl.